The number of esters is 1. The molecule has 0 spiro atoms. The molecule has 2 heterocycles. The lowest BCUT2D eigenvalue weighted by molar-refractivity contribution is -0.149. The Hall–Kier alpha value is -2.18. The Morgan fingerprint density at radius 2 is 2.00 bits per heavy atom. The van der Waals surface area contributed by atoms with Crippen molar-refractivity contribution in [1.29, 1.82) is 0 Å². The van der Waals surface area contributed by atoms with Crippen molar-refractivity contribution in [3.8, 4) is 11.1 Å². The van der Waals surface area contributed by atoms with Crippen LogP contribution in [0.5, 0.6) is 0 Å². The van der Waals surface area contributed by atoms with Gasteiger partial charge >= 0.3 is 5.97 Å². The van der Waals surface area contributed by atoms with Gasteiger partial charge in [-0.2, -0.15) is 0 Å². The molecule has 0 N–H and O–H groups in total. The third kappa shape index (κ3) is 4.06. The van der Waals surface area contributed by atoms with Crippen LogP contribution in [-0.2, 0) is 9.53 Å². The number of ether oxygens (including phenoxy) is 1. The number of nitrogens with zero attached hydrogens (tertiary/aromatic N) is 2. The maximum Gasteiger partial charge on any atom is 0.329 e. The molecule has 27 heavy (non-hydrogen) atoms. The van der Waals surface area contributed by atoms with Crippen LogP contribution in [0.3, 0.4) is 0 Å². The van der Waals surface area contributed by atoms with Crippen molar-refractivity contribution in [2.45, 2.75) is 33.2 Å². The normalized spacial score (nSPS) is 12.5. The van der Waals surface area contributed by atoms with E-state index in [-0.39, 0.29) is 11.5 Å². The summed E-state index contributed by atoms with van der Waals surface area (Å²) in [6.07, 6.45) is 1.89. The first-order chi connectivity index (χ1) is 12.9. The van der Waals surface area contributed by atoms with Crippen LogP contribution in [0.1, 0.15) is 33.2 Å². The number of hydrogen-bond donors (Lipinski definition) is 0. The van der Waals surface area contributed by atoms with E-state index in [1.807, 2.05) is 38.3 Å². The average Bonchev–Trinajstić information content (AvgIpc) is 3.08. The van der Waals surface area contributed by atoms with Crippen molar-refractivity contribution >= 4 is 39.1 Å². The first kappa shape index (κ1) is 19.6. The van der Waals surface area contributed by atoms with E-state index in [9.17, 15) is 9.59 Å². The maximum absolute atomic E-state index is 13.2. The third-order valence-corrected chi connectivity index (χ3v) is 5.37. The zero-order valence-electron chi connectivity index (χ0n) is 15.4. The minimum atomic E-state index is -0.689. The van der Waals surface area contributed by atoms with Gasteiger partial charge in [0.25, 0.3) is 5.56 Å². The Bertz CT molecular complexity index is 1010. The molecular weight excluding hydrogens is 384 g/mol. The SMILES string of the molecule is CC[C@H](C(=O)OCC(C)C)n1cnc2scc(-c3ccc(Cl)cc3)c2c1=O. The lowest BCUT2D eigenvalue weighted by Gasteiger charge is -2.17. The van der Waals surface area contributed by atoms with Crippen LogP contribution in [-0.4, -0.2) is 22.1 Å². The second-order valence-corrected chi connectivity index (χ2v) is 8.04. The average molecular weight is 405 g/mol. The summed E-state index contributed by atoms with van der Waals surface area (Å²) in [4.78, 5) is 30.7. The minimum absolute atomic E-state index is 0.233. The van der Waals surface area contributed by atoms with Crippen LogP contribution in [0.4, 0.5) is 0 Å². The predicted molar refractivity (Wildman–Crippen MR) is 109 cm³/mol. The van der Waals surface area contributed by atoms with E-state index in [0.29, 0.717) is 28.3 Å². The number of fused-ring (bicyclic) bond motifs is 1. The molecule has 142 valence electrons. The minimum Gasteiger partial charge on any atom is -0.464 e. The molecule has 0 fully saturated rings. The van der Waals surface area contributed by atoms with Gasteiger partial charge in [0.2, 0.25) is 0 Å². The van der Waals surface area contributed by atoms with E-state index in [2.05, 4.69) is 4.98 Å². The number of rotatable bonds is 6. The van der Waals surface area contributed by atoms with E-state index >= 15 is 0 Å². The highest BCUT2D eigenvalue weighted by atomic mass is 35.5. The fourth-order valence-electron chi connectivity index (χ4n) is 2.83. The molecule has 2 aromatic heterocycles. The molecule has 0 saturated carbocycles. The highest BCUT2D eigenvalue weighted by Gasteiger charge is 2.24. The number of hydrogen-bond acceptors (Lipinski definition) is 5. The van der Waals surface area contributed by atoms with Gasteiger partial charge in [-0.1, -0.05) is 44.5 Å². The number of thiophene rings is 1. The molecule has 0 aliphatic carbocycles. The van der Waals surface area contributed by atoms with Crippen molar-refractivity contribution in [1.82, 2.24) is 9.55 Å². The zero-order chi connectivity index (χ0) is 19.6. The van der Waals surface area contributed by atoms with Gasteiger partial charge in [-0.05, 0) is 30.0 Å². The predicted octanol–water partition coefficient (Wildman–Crippen LogP) is 4.93. The van der Waals surface area contributed by atoms with Crippen LogP contribution in [0.25, 0.3) is 21.3 Å². The molecule has 0 bridgehead atoms. The molecule has 3 rings (SSSR count). The molecular formula is C20H21ClN2O3S. The van der Waals surface area contributed by atoms with Crippen LogP contribution < -0.4 is 5.56 Å². The summed E-state index contributed by atoms with van der Waals surface area (Å²) >= 11 is 7.37. The molecule has 0 saturated heterocycles. The first-order valence-corrected chi connectivity index (χ1v) is 10.1. The largest absolute Gasteiger partial charge is 0.464 e. The maximum atomic E-state index is 13.2. The number of aromatic nitrogens is 2. The Morgan fingerprint density at radius 3 is 2.63 bits per heavy atom. The van der Waals surface area contributed by atoms with Gasteiger partial charge in [0.1, 0.15) is 10.9 Å². The van der Waals surface area contributed by atoms with Crippen LogP contribution in [0.2, 0.25) is 5.02 Å². The molecule has 0 aliphatic rings. The van der Waals surface area contributed by atoms with Crippen molar-refractivity contribution in [3.63, 3.8) is 0 Å². The molecule has 0 amide bonds. The lowest BCUT2D eigenvalue weighted by Crippen LogP contribution is -2.31. The van der Waals surface area contributed by atoms with Gasteiger partial charge in [0, 0.05) is 16.0 Å². The highest BCUT2D eigenvalue weighted by Crippen LogP contribution is 2.31. The van der Waals surface area contributed by atoms with Gasteiger partial charge in [0.05, 0.1) is 18.3 Å². The number of carbonyl (C=O) groups is 1. The van der Waals surface area contributed by atoms with Crippen molar-refractivity contribution < 1.29 is 9.53 Å². The van der Waals surface area contributed by atoms with Crippen molar-refractivity contribution in [3.05, 3.63) is 51.3 Å². The fourth-order valence-corrected chi connectivity index (χ4v) is 3.86. The number of carbonyl (C=O) groups excluding carboxylic acids is 1. The topological polar surface area (TPSA) is 61.2 Å². The van der Waals surface area contributed by atoms with Crippen LogP contribution in [0.15, 0.2) is 40.8 Å². The van der Waals surface area contributed by atoms with Crippen molar-refractivity contribution in [2.75, 3.05) is 6.61 Å². The summed E-state index contributed by atoms with van der Waals surface area (Å²) in [5.74, 6) is -0.171. The van der Waals surface area contributed by atoms with Crippen LogP contribution in [0, 0.1) is 5.92 Å². The highest BCUT2D eigenvalue weighted by molar-refractivity contribution is 7.17. The van der Waals surface area contributed by atoms with Gasteiger partial charge in [-0.15, -0.1) is 11.3 Å². The zero-order valence-corrected chi connectivity index (χ0v) is 17.0. The standard InChI is InChI=1S/C20H21ClN2O3S/c1-4-16(20(25)26-9-12(2)3)23-11-22-18-17(19(23)24)15(10-27-18)13-5-7-14(21)8-6-13/h5-8,10-12,16H,4,9H2,1-3H3/t16-/m1/s1. The number of halogens is 1. The van der Waals surface area contributed by atoms with Crippen LogP contribution >= 0.6 is 22.9 Å². The number of benzene rings is 1. The van der Waals surface area contributed by atoms with E-state index in [4.69, 9.17) is 16.3 Å². The smallest absolute Gasteiger partial charge is 0.329 e. The Balaban J connectivity index is 2.06. The van der Waals surface area contributed by atoms with E-state index < -0.39 is 12.0 Å². The quantitative estimate of drug-likeness (QED) is 0.546. The molecule has 5 nitrogen and oxygen atoms in total. The first-order valence-electron chi connectivity index (χ1n) is 8.83. The molecule has 0 radical (unpaired) electrons. The summed E-state index contributed by atoms with van der Waals surface area (Å²) in [5, 5.41) is 3.05. The summed E-state index contributed by atoms with van der Waals surface area (Å²) in [5.41, 5.74) is 1.45. The summed E-state index contributed by atoms with van der Waals surface area (Å²) in [6.45, 7) is 6.12. The van der Waals surface area contributed by atoms with E-state index in [0.717, 1.165) is 11.1 Å². The molecule has 3 aromatic rings. The fraction of sp³-hybridized carbons (Fsp3) is 0.350. The lowest BCUT2D eigenvalue weighted by atomic mass is 10.1. The molecule has 1 atom stereocenters. The Kier molecular flexibility index (Phi) is 5.97. The third-order valence-electron chi connectivity index (χ3n) is 4.23. The molecule has 0 aliphatic heterocycles. The summed E-state index contributed by atoms with van der Waals surface area (Å²) in [6, 6.07) is 6.62. The Morgan fingerprint density at radius 1 is 1.30 bits per heavy atom. The molecule has 1 aromatic carbocycles. The van der Waals surface area contributed by atoms with E-state index in [1.165, 1.54) is 22.2 Å². The molecule has 7 heteroatoms. The Labute approximate surface area is 166 Å². The van der Waals surface area contributed by atoms with Gasteiger partial charge in [-0.25, -0.2) is 9.78 Å². The van der Waals surface area contributed by atoms with Gasteiger partial charge in [-0.3, -0.25) is 9.36 Å². The second-order valence-electron chi connectivity index (χ2n) is 6.74. The molecule has 0 unspecified atom stereocenters. The summed E-state index contributed by atoms with van der Waals surface area (Å²) in [7, 11) is 0. The van der Waals surface area contributed by atoms with E-state index in [1.54, 1.807) is 12.1 Å². The monoisotopic (exact) mass is 404 g/mol. The van der Waals surface area contributed by atoms with Gasteiger partial charge in [0.15, 0.2) is 0 Å². The summed E-state index contributed by atoms with van der Waals surface area (Å²) < 4.78 is 6.74. The van der Waals surface area contributed by atoms with Gasteiger partial charge < -0.3 is 4.74 Å². The second kappa shape index (κ2) is 8.23. The van der Waals surface area contributed by atoms with Crippen molar-refractivity contribution in [2.24, 2.45) is 5.92 Å².